The maximum Gasteiger partial charge on any atom is 0.144 e. The maximum absolute atomic E-state index is 5.24. The third-order valence-corrected chi connectivity index (χ3v) is 2.72. The Kier molecular flexibility index (Phi) is 2.00. The Morgan fingerprint density at radius 1 is 1.46 bits per heavy atom. The van der Waals surface area contributed by atoms with Gasteiger partial charge in [0, 0.05) is 16.9 Å². The summed E-state index contributed by atoms with van der Waals surface area (Å²) in [5, 5.41) is 5.24. The summed E-state index contributed by atoms with van der Waals surface area (Å²) < 4.78 is 8.08. The predicted octanol–water partition coefficient (Wildman–Crippen LogP) is 2.34. The van der Waals surface area contributed by atoms with Gasteiger partial charge in [0.25, 0.3) is 0 Å². The molecule has 0 bridgehead atoms. The number of nitrogens with zero attached hydrogens (tertiary/aromatic N) is 2. The molecule has 0 N–H and O–H groups in total. The highest BCUT2D eigenvalue weighted by molar-refractivity contribution is 9.10. The van der Waals surface area contributed by atoms with Crippen molar-refractivity contribution in [3.63, 3.8) is 0 Å². The van der Waals surface area contributed by atoms with Crippen molar-refractivity contribution in [1.82, 2.24) is 9.78 Å². The van der Waals surface area contributed by atoms with Gasteiger partial charge in [-0.05, 0) is 12.1 Å². The second-order valence-corrected chi connectivity index (χ2v) is 3.63. The van der Waals surface area contributed by atoms with Gasteiger partial charge in [-0.2, -0.15) is 5.10 Å². The number of hydrogen-bond acceptors (Lipinski definition) is 2. The number of methoxy groups -OCH3 is 1. The van der Waals surface area contributed by atoms with Gasteiger partial charge in [-0.1, -0.05) is 15.9 Å². The smallest absolute Gasteiger partial charge is 0.144 e. The van der Waals surface area contributed by atoms with Gasteiger partial charge in [-0.25, -0.2) is 0 Å². The number of aryl methyl sites for hydroxylation is 1. The van der Waals surface area contributed by atoms with E-state index in [2.05, 4.69) is 21.0 Å². The Morgan fingerprint density at radius 3 is 2.92 bits per heavy atom. The molecule has 1 heterocycles. The molecular weight excluding hydrogens is 232 g/mol. The highest BCUT2D eigenvalue weighted by Crippen LogP contribution is 2.30. The molecule has 0 aliphatic heterocycles. The first-order valence-electron chi connectivity index (χ1n) is 3.88. The molecule has 0 fully saturated rings. The number of fused-ring (bicyclic) bond motifs is 1. The third-order valence-electron chi connectivity index (χ3n) is 2.03. The van der Waals surface area contributed by atoms with Crippen molar-refractivity contribution in [2.24, 2.45) is 7.05 Å². The van der Waals surface area contributed by atoms with Crippen molar-refractivity contribution in [2.75, 3.05) is 7.11 Å². The van der Waals surface area contributed by atoms with Crippen LogP contribution in [0.25, 0.3) is 10.9 Å². The Bertz CT molecular complexity index is 450. The monoisotopic (exact) mass is 240 g/mol. The topological polar surface area (TPSA) is 27.1 Å². The number of ether oxygens (including phenoxy) is 1. The van der Waals surface area contributed by atoms with Gasteiger partial charge in [-0.15, -0.1) is 0 Å². The molecule has 4 heteroatoms. The van der Waals surface area contributed by atoms with Gasteiger partial charge in [-0.3, -0.25) is 4.68 Å². The molecule has 0 spiro atoms. The standard InChI is InChI=1S/C9H9BrN2O/c1-12-9-6(5-11-12)7(10)3-4-8(9)13-2/h3-5H,1-2H3. The van der Waals surface area contributed by atoms with Crippen molar-refractivity contribution in [1.29, 1.82) is 0 Å². The van der Waals surface area contributed by atoms with E-state index < -0.39 is 0 Å². The van der Waals surface area contributed by atoms with Crippen LogP contribution in [0.15, 0.2) is 22.8 Å². The van der Waals surface area contributed by atoms with Gasteiger partial charge >= 0.3 is 0 Å². The minimum atomic E-state index is 0.846. The highest BCUT2D eigenvalue weighted by Gasteiger charge is 2.08. The first kappa shape index (κ1) is 8.56. The molecule has 0 amide bonds. The number of halogens is 1. The largest absolute Gasteiger partial charge is 0.494 e. The van der Waals surface area contributed by atoms with Crippen molar-refractivity contribution in [3.05, 3.63) is 22.8 Å². The van der Waals surface area contributed by atoms with E-state index in [1.807, 2.05) is 25.4 Å². The second-order valence-electron chi connectivity index (χ2n) is 2.78. The Labute approximate surface area is 84.4 Å². The van der Waals surface area contributed by atoms with E-state index in [-0.39, 0.29) is 0 Å². The Balaban J connectivity index is 2.88. The maximum atomic E-state index is 5.24. The summed E-state index contributed by atoms with van der Waals surface area (Å²) in [6.45, 7) is 0. The molecule has 0 unspecified atom stereocenters. The van der Waals surface area contributed by atoms with E-state index in [1.54, 1.807) is 11.8 Å². The predicted molar refractivity (Wildman–Crippen MR) is 55.0 cm³/mol. The van der Waals surface area contributed by atoms with Gasteiger partial charge in [0.05, 0.1) is 13.3 Å². The summed E-state index contributed by atoms with van der Waals surface area (Å²) in [4.78, 5) is 0. The minimum absolute atomic E-state index is 0.846. The fourth-order valence-corrected chi connectivity index (χ4v) is 1.81. The van der Waals surface area contributed by atoms with Crippen molar-refractivity contribution >= 4 is 26.8 Å². The molecule has 1 aromatic heterocycles. The van der Waals surface area contributed by atoms with Crippen LogP contribution in [0.2, 0.25) is 0 Å². The SMILES string of the molecule is COc1ccc(Br)c2cnn(C)c12. The van der Waals surface area contributed by atoms with Crippen LogP contribution >= 0.6 is 15.9 Å². The van der Waals surface area contributed by atoms with Crippen LogP contribution in [0.5, 0.6) is 5.75 Å². The van der Waals surface area contributed by atoms with Crippen LogP contribution in [-0.4, -0.2) is 16.9 Å². The molecule has 1 aromatic carbocycles. The lowest BCUT2D eigenvalue weighted by atomic mass is 10.2. The zero-order valence-corrected chi connectivity index (χ0v) is 9.00. The average Bonchev–Trinajstić information content (AvgIpc) is 2.51. The summed E-state index contributed by atoms with van der Waals surface area (Å²) in [5.74, 6) is 0.846. The molecule has 0 aliphatic rings. The highest BCUT2D eigenvalue weighted by atomic mass is 79.9. The summed E-state index contributed by atoms with van der Waals surface area (Å²) >= 11 is 3.46. The summed E-state index contributed by atoms with van der Waals surface area (Å²) in [7, 11) is 3.56. The molecule has 0 saturated carbocycles. The Hall–Kier alpha value is -1.03. The van der Waals surface area contributed by atoms with E-state index in [1.165, 1.54) is 0 Å². The first-order chi connectivity index (χ1) is 6.24. The van der Waals surface area contributed by atoms with Gasteiger partial charge in [0.1, 0.15) is 11.3 Å². The van der Waals surface area contributed by atoms with Gasteiger partial charge in [0.2, 0.25) is 0 Å². The van der Waals surface area contributed by atoms with Crippen LogP contribution in [-0.2, 0) is 7.05 Å². The van der Waals surface area contributed by atoms with Crippen molar-refractivity contribution in [3.8, 4) is 5.75 Å². The van der Waals surface area contributed by atoms with Gasteiger partial charge < -0.3 is 4.74 Å². The lowest BCUT2D eigenvalue weighted by molar-refractivity contribution is 0.417. The fraction of sp³-hybridized carbons (Fsp3) is 0.222. The number of rotatable bonds is 1. The van der Waals surface area contributed by atoms with Crippen molar-refractivity contribution < 1.29 is 4.74 Å². The average molecular weight is 241 g/mol. The van der Waals surface area contributed by atoms with Crippen LogP contribution < -0.4 is 4.74 Å². The normalized spacial score (nSPS) is 10.7. The quantitative estimate of drug-likeness (QED) is 0.766. The molecule has 0 atom stereocenters. The van der Waals surface area contributed by atoms with Crippen molar-refractivity contribution in [2.45, 2.75) is 0 Å². The minimum Gasteiger partial charge on any atom is -0.494 e. The summed E-state index contributed by atoms with van der Waals surface area (Å²) in [5.41, 5.74) is 1.01. The molecule has 3 nitrogen and oxygen atoms in total. The molecular formula is C9H9BrN2O. The number of aromatic nitrogens is 2. The van der Waals surface area contributed by atoms with E-state index in [0.29, 0.717) is 0 Å². The third kappa shape index (κ3) is 1.21. The van der Waals surface area contributed by atoms with E-state index in [4.69, 9.17) is 4.74 Å². The molecule has 0 aliphatic carbocycles. The molecule has 13 heavy (non-hydrogen) atoms. The zero-order valence-electron chi connectivity index (χ0n) is 7.41. The fourth-order valence-electron chi connectivity index (χ4n) is 1.39. The number of hydrogen-bond donors (Lipinski definition) is 0. The van der Waals surface area contributed by atoms with Crippen LogP contribution in [0.1, 0.15) is 0 Å². The molecule has 68 valence electrons. The van der Waals surface area contributed by atoms with E-state index >= 15 is 0 Å². The molecule has 0 saturated heterocycles. The molecule has 2 aromatic rings. The van der Waals surface area contributed by atoms with Crippen LogP contribution in [0, 0.1) is 0 Å². The lowest BCUT2D eigenvalue weighted by Crippen LogP contribution is -1.92. The summed E-state index contributed by atoms with van der Waals surface area (Å²) in [6, 6.07) is 3.89. The molecule has 2 rings (SSSR count). The van der Waals surface area contributed by atoms with Crippen LogP contribution in [0.4, 0.5) is 0 Å². The van der Waals surface area contributed by atoms with Gasteiger partial charge in [0.15, 0.2) is 0 Å². The number of benzene rings is 1. The van der Waals surface area contributed by atoms with E-state index in [0.717, 1.165) is 21.1 Å². The van der Waals surface area contributed by atoms with Crippen LogP contribution in [0.3, 0.4) is 0 Å². The summed E-state index contributed by atoms with van der Waals surface area (Å²) in [6.07, 6.45) is 1.82. The second kappa shape index (κ2) is 3.03. The first-order valence-corrected chi connectivity index (χ1v) is 4.67. The molecule has 0 radical (unpaired) electrons. The Morgan fingerprint density at radius 2 is 2.23 bits per heavy atom. The lowest BCUT2D eigenvalue weighted by Gasteiger charge is -2.03. The zero-order chi connectivity index (χ0) is 9.42. The van der Waals surface area contributed by atoms with E-state index in [9.17, 15) is 0 Å².